The zero-order valence-electron chi connectivity index (χ0n) is 12.2. The van der Waals surface area contributed by atoms with Crippen LogP contribution < -0.4 is 37.7 Å². The summed E-state index contributed by atoms with van der Waals surface area (Å²) in [5, 5.41) is 0. The van der Waals surface area contributed by atoms with E-state index in [0.29, 0.717) is 0 Å². The predicted molar refractivity (Wildman–Crippen MR) is 76.4 cm³/mol. The second-order valence-corrected chi connectivity index (χ2v) is 7.83. The molecule has 2 nitrogen and oxygen atoms in total. The number of rotatable bonds is 4. The molecule has 2 aromatic rings. The molecule has 0 radical (unpaired) electrons. The summed E-state index contributed by atoms with van der Waals surface area (Å²) >= 11 is 0. The van der Waals surface area contributed by atoms with Crippen LogP contribution in [-0.2, 0) is 0 Å². The maximum absolute atomic E-state index is 4.76. The van der Waals surface area contributed by atoms with Crippen LogP contribution >= 0.6 is 0 Å². The third-order valence-electron chi connectivity index (χ3n) is 2.32. The van der Waals surface area contributed by atoms with Gasteiger partial charge in [-0.2, -0.15) is 0 Å². The molecule has 0 N–H and O–H groups in total. The predicted octanol–water partition coefficient (Wildman–Crippen LogP) is -0.893. The van der Waals surface area contributed by atoms with Gasteiger partial charge in [-0.05, 0) is 0 Å². The second-order valence-electron chi connectivity index (χ2n) is 4.39. The van der Waals surface area contributed by atoms with Gasteiger partial charge in [0.1, 0.15) is 0 Å². The first kappa shape index (κ1) is 18.5. The molecule has 0 saturated carbocycles. The zero-order chi connectivity index (χ0) is 12.1. The largest absolute Gasteiger partial charge is 1.00 e. The molecule has 0 aromatic heterocycles. The maximum atomic E-state index is 4.76. The standard InChI is InChI=1S/C14H16N2Si.2Li/c1-17(2,15-13-9-5-3-6-10-13)16-14-11-7-4-8-12-14;;/h3-12H,1-2H3;;/q-2;2*+1. The topological polar surface area (TPSA) is 28.2 Å². The molecular weight excluding hydrogens is 238 g/mol. The van der Waals surface area contributed by atoms with E-state index in [4.69, 9.17) is 9.96 Å². The molecule has 2 aromatic carbocycles. The van der Waals surface area contributed by atoms with Crippen molar-refractivity contribution >= 4 is 19.8 Å². The molecule has 2 rings (SSSR count). The fourth-order valence-corrected chi connectivity index (χ4v) is 3.27. The molecule has 0 amide bonds. The van der Waals surface area contributed by atoms with Gasteiger partial charge in [0.15, 0.2) is 0 Å². The van der Waals surface area contributed by atoms with Crippen LogP contribution in [0.1, 0.15) is 0 Å². The Morgan fingerprint density at radius 2 is 0.947 bits per heavy atom. The normalized spacial score (nSPS) is 9.79. The molecule has 19 heavy (non-hydrogen) atoms. The molecule has 0 spiro atoms. The monoisotopic (exact) mass is 254 g/mol. The van der Waals surface area contributed by atoms with Crippen molar-refractivity contribution < 1.29 is 37.7 Å². The zero-order valence-corrected chi connectivity index (χ0v) is 13.2. The average molecular weight is 254 g/mol. The van der Waals surface area contributed by atoms with Crippen molar-refractivity contribution in [3.8, 4) is 0 Å². The first-order valence-electron chi connectivity index (χ1n) is 5.72. The summed E-state index contributed by atoms with van der Waals surface area (Å²) in [4.78, 5) is 9.52. The molecule has 0 bridgehead atoms. The van der Waals surface area contributed by atoms with E-state index in [9.17, 15) is 0 Å². The summed E-state index contributed by atoms with van der Waals surface area (Å²) in [6, 6.07) is 20.1. The summed E-state index contributed by atoms with van der Waals surface area (Å²) in [6.07, 6.45) is 0. The van der Waals surface area contributed by atoms with Crippen LogP contribution in [0.2, 0.25) is 13.1 Å². The van der Waals surface area contributed by atoms with Crippen LogP contribution in [0.4, 0.5) is 11.4 Å². The summed E-state index contributed by atoms with van der Waals surface area (Å²) in [5.74, 6) is 0. The molecule has 88 valence electrons. The van der Waals surface area contributed by atoms with E-state index in [-0.39, 0.29) is 37.7 Å². The van der Waals surface area contributed by atoms with Crippen molar-refractivity contribution in [2.75, 3.05) is 0 Å². The Balaban J connectivity index is 0.00000162. The van der Waals surface area contributed by atoms with Crippen LogP contribution in [0.5, 0.6) is 0 Å². The summed E-state index contributed by atoms with van der Waals surface area (Å²) in [6.45, 7) is 4.29. The van der Waals surface area contributed by atoms with E-state index in [2.05, 4.69) is 13.1 Å². The molecule has 0 aliphatic carbocycles. The Bertz CT molecular complexity index is 420. The molecule has 0 unspecified atom stereocenters. The third-order valence-corrected chi connectivity index (χ3v) is 3.93. The Morgan fingerprint density at radius 3 is 1.26 bits per heavy atom. The fourth-order valence-electron chi connectivity index (χ4n) is 1.66. The minimum atomic E-state index is -1.93. The van der Waals surface area contributed by atoms with Gasteiger partial charge in [-0.25, -0.2) is 0 Å². The van der Waals surface area contributed by atoms with Crippen LogP contribution in [0.25, 0.3) is 9.96 Å². The van der Waals surface area contributed by atoms with E-state index in [1.54, 1.807) is 0 Å². The van der Waals surface area contributed by atoms with Crippen molar-refractivity contribution in [2.24, 2.45) is 0 Å². The average Bonchev–Trinajstić information content (AvgIpc) is 2.30. The van der Waals surface area contributed by atoms with Crippen molar-refractivity contribution in [2.45, 2.75) is 13.1 Å². The van der Waals surface area contributed by atoms with Gasteiger partial charge >= 0.3 is 37.7 Å². The Hall–Kier alpha value is -0.548. The first-order valence-corrected chi connectivity index (χ1v) is 8.61. The van der Waals surface area contributed by atoms with Crippen molar-refractivity contribution in [3.63, 3.8) is 0 Å². The van der Waals surface area contributed by atoms with Gasteiger partial charge in [0.2, 0.25) is 0 Å². The Kier molecular flexibility index (Phi) is 8.34. The van der Waals surface area contributed by atoms with Crippen molar-refractivity contribution in [1.29, 1.82) is 0 Å². The van der Waals surface area contributed by atoms with Gasteiger partial charge in [-0.15, -0.1) is 32.9 Å². The SMILES string of the molecule is C[Si](C)([N-]c1ccccc1)[N-]c1ccccc1.[Li+].[Li+]. The summed E-state index contributed by atoms with van der Waals surface area (Å²) in [7, 11) is -1.93. The maximum Gasteiger partial charge on any atom is 1.00 e. The second kappa shape index (κ2) is 8.59. The van der Waals surface area contributed by atoms with Gasteiger partial charge in [0.05, 0.1) is 0 Å². The number of hydrogen-bond acceptors (Lipinski definition) is 0. The minimum absolute atomic E-state index is 0. The number of nitrogens with zero attached hydrogens (tertiary/aromatic N) is 2. The molecule has 0 atom stereocenters. The van der Waals surface area contributed by atoms with E-state index in [1.165, 1.54) is 0 Å². The smallest absolute Gasteiger partial charge is 0.700 e. The van der Waals surface area contributed by atoms with E-state index in [1.807, 2.05) is 60.7 Å². The summed E-state index contributed by atoms with van der Waals surface area (Å²) < 4.78 is 0. The molecular formula is C14H16Li2N2Si. The van der Waals surface area contributed by atoms with E-state index in [0.717, 1.165) is 11.4 Å². The van der Waals surface area contributed by atoms with Crippen molar-refractivity contribution in [1.82, 2.24) is 0 Å². The van der Waals surface area contributed by atoms with Crippen LogP contribution in [0.3, 0.4) is 0 Å². The van der Waals surface area contributed by atoms with Gasteiger partial charge in [-0.1, -0.05) is 60.7 Å². The Labute approximate surface area is 140 Å². The fraction of sp³-hybridized carbons (Fsp3) is 0.143. The van der Waals surface area contributed by atoms with Crippen LogP contribution in [0.15, 0.2) is 60.7 Å². The van der Waals surface area contributed by atoms with Gasteiger partial charge in [-0.3, -0.25) is 0 Å². The summed E-state index contributed by atoms with van der Waals surface area (Å²) in [5.41, 5.74) is 2.03. The number of hydrogen-bond donors (Lipinski definition) is 0. The van der Waals surface area contributed by atoms with Gasteiger partial charge in [0, 0.05) is 0 Å². The molecule has 5 heteroatoms. The van der Waals surface area contributed by atoms with Gasteiger partial charge in [0.25, 0.3) is 0 Å². The quantitative estimate of drug-likeness (QED) is 0.633. The number of benzene rings is 2. The van der Waals surface area contributed by atoms with Gasteiger partial charge < -0.3 is 9.96 Å². The Morgan fingerprint density at radius 1 is 0.632 bits per heavy atom. The first-order chi connectivity index (χ1) is 8.16. The molecule has 0 heterocycles. The molecule has 0 fully saturated rings. The molecule has 0 aliphatic rings. The van der Waals surface area contributed by atoms with Crippen molar-refractivity contribution in [3.05, 3.63) is 70.6 Å². The van der Waals surface area contributed by atoms with Crippen LogP contribution in [-0.4, -0.2) is 8.40 Å². The molecule has 0 saturated heterocycles. The van der Waals surface area contributed by atoms with Crippen LogP contribution in [0, 0.1) is 0 Å². The molecule has 0 aliphatic heterocycles. The minimum Gasteiger partial charge on any atom is -0.700 e. The van der Waals surface area contributed by atoms with E-state index >= 15 is 0 Å². The van der Waals surface area contributed by atoms with E-state index < -0.39 is 8.40 Å². The third kappa shape index (κ3) is 6.43.